The van der Waals surface area contributed by atoms with Crippen molar-refractivity contribution in [2.75, 3.05) is 13.2 Å². The van der Waals surface area contributed by atoms with Gasteiger partial charge in [-0.05, 0) is 63.3 Å². The van der Waals surface area contributed by atoms with Crippen molar-refractivity contribution in [3.05, 3.63) is 27.1 Å². The molecule has 7 heteroatoms. The van der Waals surface area contributed by atoms with Gasteiger partial charge in [0.15, 0.2) is 6.61 Å². The molecule has 21 heavy (non-hydrogen) atoms. The Morgan fingerprint density at radius 1 is 1.29 bits per heavy atom. The van der Waals surface area contributed by atoms with Crippen molar-refractivity contribution in [1.29, 1.82) is 0 Å². The van der Waals surface area contributed by atoms with Gasteiger partial charge in [0.25, 0.3) is 5.91 Å². The molecule has 0 bridgehead atoms. The fourth-order valence-electron chi connectivity index (χ4n) is 2.36. The van der Waals surface area contributed by atoms with Crippen molar-refractivity contribution in [3.8, 4) is 5.75 Å². The number of carbonyl (C=O) groups is 2. The number of nitrogens with zero attached hydrogens (tertiary/aromatic N) is 1. The molecule has 2 amide bonds. The highest BCUT2D eigenvalue weighted by Gasteiger charge is 2.30. The number of nitrogens with two attached hydrogens (primary N) is 1. The third-order valence-electron chi connectivity index (χ3n) is 3.41. The largest absolute Gasteiger partial charge is 0.481 e. The minimum absolute atomic E-state index is 0.120. The van der Waals surface area contributed by atoms with Crippen LogP contribution in [0.3, 0.4) is 0 Å². The van der Waals surface area contributed by atoms with Gasteiger partial charge in [0, 0.05) is 6.54 Å². The lowest BCUT2D eigenvalue weighted by Crippen LogP contribution is -2.51. The molecule has 5 nitrogen and oxygen atoms in total. The standard InChI is InChI=1S/C14H16Br2N2O3/c15-9-4-3-5-10(16)13(9)21-8-12(19)18-7-2-1-6-11(18)14(17)20/h3-5,11H,1-2,6-8H2,(H2,17,20). The van der Waals surface area contributed by atoms with Gasteiger partial charge in [-0.25, -0.2) is 0 Å². The molecule has 2 N–H and O–H groups in total. The summed E-state index contributed by atoms with van der Waals surface area (Å²) in [6.45, 7) is 0.428. The van der Waals surface area contributed by atoms with E-state index in [1.807, 2.05) is 18.2 Å². The smallest absolute Gasteiger partial charge is 0.261 e. The van der Waals surface area contributed by atoms with E-state index in [1.165, 1.54) is 4.90 Å². The number of primary amides is 1. The highest BCUT2D eigenvalue weighted by Crippen LogP contribution is 2.33. The average molecular weight is 420 g/mol. The predicted molar refractivity (Wildman–Crippen MR) is 85.9 cm³/mol. The minimum atomic E-state index is -0.516. The van der Waals surface area contributed by atoms with Crippen LogP contribution in [0.5, 0.6) is 5.75 Å². The van der Waals surface area contributed by atoms with Crippen LogP contribution < -0.4 is 10.5 Å². The van der Waals surface area contributed by atoms with Crippen LogP contribution in [0.15, 0.2) is 27.1 Å². The molecule has 0 spiro atoms. The summed E-state index contributed by atoms with van der Waals surface area (Å²) >= 11 is 6.75. The Balaban J connectivity index is 2.02. The first-order valence-electron chi connectivity index (χ1n) is 6.66. The molecule has 1 aliphatic rings. The number of hydrogen-bond acceptors (Lipinski definition) is 3. The lowest BCUT2D eigenvalue weighted by molar-refractivity contribution is -0.142. The van der Waals surface area contributed by atoms with Crippen LogP contribution in [-0.4, -0.2) is 35.9 Å². The molecule has 1 aromatic carbocycles. The molecule has 0 radical (unpaired) electrons. The zero-order valence-electron chi connectivity index (χ0n) is 11.4. The molecule has 1 aromatic rings. The number of likely N-dealkylation sites (tertiary alicyclic amines) is 1. The van der Waals surface area contributed by atoms with E-state index in [0.717, 1.165) is 21.8 Å². The van der Waals surface area contributed by atoms with E-state index in [1.54, 1.807) is 0 Å². The molecule has 1 saturated heterocycles. The maximum absolute atomic E-state index is 12.3. The number of ether oxygens (including phenoxy) is 1. The number of hydrogen-bond donors (Lipinski definition) is 1. The van der Waals surface area contributed by atoms with Gasteiger partial charge in [-0.3, -0.25) is 9.59 Å². The average Bonchev–Trinajstić information content (AvgIpc) is 2.46. The maximum Gasteiger partial charge on any atom is 0.261 e. The quantitative estimate of drug-likeness (QED) is 0.814. The molecular weight excluding hydrogens is 404 g/mol. The summed E-state index contributed by atoms with van der Waals surface area (Å²) in [4.78, 5) is 25.2. The van der Waals surface area contributed by atoms with Gasteiger partial charge in [0.05, 0.1) is 8.95 Å². The minimum Gasteiger partial charge on any atom is -0.481 e. The summed E-state index contributed by atoms with van der Waals surface area (Å²) in [6, 6.07) is 5.00. The van der Waals surface area contributed by atoms with E-state index >= 15 is 0 Å². The van der Waals surface area contributed by atoms with E-state index in [0.29, 0.717) is 18.7 Å². The number of carbonyl (C=O) groups excluding carboxylic acids is 2. The van der Waals surface area contributed by atoms with E-state index in [9.17, 15) is 9.59 Å². The number of piperidine rings is 1. The summed E-state index contributed by atoms with van der Waals surface area (Å²) in [7, 11) is 0. The Morgan fingerprint density at radius 3 is 2.57 bits per heavy atom. The summed E-state index contributed by atoms with van der Waals surface area (Å²) in [5.74, 6) is -0.107. The Labute approximate surface area is 140 Å². The van der Waals surface area contributed by atoms with Crippen molar-refractivity contribution >= 4 is 43.7 Å². The number of amides is 2. The van der Waals surface area contributed by atoms with Crippen LogP contribution in [0.25, 0.3) is 0 Å². The van der Waals surface area contributed by atoms with E-state index in [-0.39, 0.29) is 12.5 Å². The Hall–Kier alpha value is -1.08. The van der Waals surface area contributed by atoms with Gasteiger partial charge in [0.2, 0.25) is 5.91 Å². The van der Waals surface area contributed by atoms with E-state index in [2.05, 4.69) is 31.9 Å². The molecule has 1 aliphatic heterocycles. The molecule has 1 atom stereocenters. The van der Waals surface area contributed by atoms with Crippen molar-refractivity contribution in [3.63, 3.8) is 0 Å². The first-order chi connectivity index (χ1) is 10.0. The molecular formula is C14H16Br2N2O3. The van der Waals surface area contributed by atoms with Crippen LogP contribution in [0.2, 0.25) is 0 Å². The van der Waals surface area contributed by atoms with E-state index in [4.69, 9.17) is 10.5 Å². The van der Waals surface area contributed by atoms with Crippen LogP contribution in [-0.2, 0) is 9.59 Å². The van der Waals surface area contributed by atoms with E-state index < -0.39 is 11.9 Å². The van der Waals surface area contributed by atoms with Gasteiger partial charge >= 0.3 is 0 Å². The van der Waals surface area contributed by atoms with Crippen molar-refractivity contribution in [2.45, 2.75) is 25.3 Å². The first kappa shape index (κ1) is 16.3. The Kier molecular flexibility index (Phi) is 5.64. The fraction of sp³-hybridized carbons (Fsp3) is 0.429. The summed E-state index contributed by atoms with van der Waals surface area (Å²) in [6.07, 6.45) is 2.42. The highest BCUT2D eigenvalue weighted by atomic mass is 79.9. The third-order valence-corrected chi connectivity index (χ3v) is 4.66. The molecule has 114 valence electrons. The predicted octanol–water partition coefficient (Wildman–Crippen LogP) is 2.46. The number of benzene rings is 1. The SMILES string of the molecule is NC(=O)C1CCCCN1C(=O)COc1c(Br)cccc1Br. The van der Waals surface area contributed by atoms with Gasteiger partial charge in [0.1, 0.15) is 11.8 Å². The fourth-order valence-corrected chi connectivity index (χ4v) is 3.59. The normalized spacial score (nSPS) is 18.4. The number of halogens is 2. The highest BCUT2D eigenvalue weighted by molar-refractivity contribution is 9.11. The molecule has 1 unspecified atom stereocenters. The first-order valence-corrected chi connectivity index (χ1v) is 8.25. The van der Waals surface area contributed by atoms with Gasteiger partial charge < -0.3 is 15.4 Å². The lowest BCUT2D eigenvalue weighted by Gasteiger charge is -2.33. The zero-order valence-corrected chi connectivity index (χ0v) is 14.5. The summed E-state index contributed by atoms with van der Waals surface area (Å²) in [5.41, 5.74) is 5.36. The van der Waals surface area contributed by atoms with Crippen LogP contribution >= 0.6 is 31.9 Å². The topological polar surface area (TPSA) is 72.6 Å². The van der Waals surface area contributed by atoms with Gasteiger partial charge in [-0.15, -0.1) is 0 Å². The van der Waals surface area contributed by atoms with Crippen LogP contribution in [0, 0.1) is 0 Å². The molecule has 1 fully saturated rings. The summed E-state index contributed by atoms with van der Waals surface area (Å²) in [5, 5.41) is 0. The van der Waals surface area contributed by atoms with Gasteiger partial charge in [-0.1, -0.05) is 6.07 Å². The Bertz CT molecular complexity index is 531. The van der Waals surface area contributed by atoms with Crippen molar-refractivity contribution < 1.29 is 14.3 Å². The third kappa shape index (κ3) is 3.97. The monoisotopic (exact) mass is 418 g/mol. The second-order valence-corrected chi connectivity index (χ2v) is 6.55. The molecule has 0 saturated carbocycles. The molecule has 2 rings (SSSR count). The van der Waals surface area contributed by atoms with Crippen LogP contribution in [0.1, 0.15) is 19.3 Å². The van der Waals surface area contributed by atoms with Crippen molar-refractivity contribution in [2.24, 2.45) is 5.73 Å². The van der Waals surface area contributed by atoms with Gasteiger partial charge in [-0.2, -0.15) is 0 Å². The summed E-state index contributed by atoms with van der Waals surface area (Å²) < 4.78 is 7.09. The number of rotatable bonds is 4. The molecule has 0 aromatic heterocycles. The second kappa shape index (κ2) is 7.26. The second-order valence-electron chi connectivity index (χ2n) is 4.84. The number of para-hydroxylation sites is 1. The van der Waals surface area contributed by atoms with Crippen molar-refractivity contribution in [1.82, 2.24) is 4.90 Å². The zero-order chi connectivity index (χ0) is 15.4. The molecule has 1 heterocycles. The van der Waals surface area contributed by atoms with Crippen LogP contribution in [0.4, 0.5) is 0 Å². The Morgan fingerprint density at radius 2 is 1.95 bits per heavy atom. The maximum atomic E-state index is 12.3. The molecule has 0 aliphatic carbocycles. The lowest BCUT2D eigenvalue weighted by atomic mass is 10.0.